The highest BCUT2D eigenvalue weighted by Gasteiger charge is 2.22. The number of methoxy groups -OCH3 is 1. The summed E-state index contributed by atoms with van der Waals surface area (Å²) in [6.07, 6.45) is 0.531. The number of thiophene rings is 1. The molecule has 1 N–H and O–H groups in total. The molecule has 0 spiro atoms. The number of hydrogen-bond acceptors (Lipinski definition) is 5. The van der Waals surface area contributed by atoms with Crippen LogP contribution in [0.2, 0.25) is 0 Å². The van der Waals surface area contributed by atoms with E-state index in [1.54, 1.807) is 26.0 Å². The van der Waals surface area contributed by atoms with Crippen LogP contribution in [0.3, 0.4) is 0 Å². The van der Waals surface area contributed by atoms with E-state index in [4.69, 9.17) is 4.74 Å². The lowest BCUT2D eigenvalue weighted by atomic mass is 10.1. The molecule has 2 heterocycles. The van der Waals surface area contributed by atoms with Crippen molar-refractivity contribution >= 4 is 27.5 Å². The lowest BCUT2D eigenvalue weighted by molar-refractivity contribution is 0.0789. The van der Waals surface area contributed by atoms with Gasteiger partial charge in [-0.1, -0.05) is 42.5 Å². The van der Waals surface area contributed by atoms with Crippen LogP contribution < -0.4 is 10.3 Å². The summed E-state index contributed by atoms with van der Waals surface area (Å²) in [5, 5.41) is 0.489. The molecule has 0 fully saturated rings. The Bertz CT molecular complexity index is 1280. The number of fused-ring (bicyclic) bond motifs is 1. The van der Waals surface area contributed by atoms with Gasteiger partial charge in [0.25, 0.3) is 11.5 Å². The van der Waals surface area contributed by atoms with Gasteiger partial charge in [-0.05, 0) is 35.7 Å². The molecular formula is C24H23N3O3S. The third-order valence-corrected chi connectivity index (χ3v) is 6.36. The van der Waals surface area contributed by atoms with Crippen molar-refractivity contribution in [2.45, 2.75) is 19.9 Å². The number of nitrogens with zero attached hydrogens (tertiary/aromatic N) is 2. The maximum Gasteiger partial charge on any atom is 0.264 e. The molecule has 0 radical (unpaired) electrons. The predicted molar refractivity (Wildman–Crippen MR) is 123 cm³/mol. The van der Waals surface area contributed by atoms with Gasteiger partial charge in [0.1, 0.15) is 16.4 Å². The average Bonchev–Trinajstić information content (AvgIpc) is 3.11. The second-order valence-corrected chi connectivity index (χ2v) is 8.42. The minimum atomic E-state index is -0.207. The topological polar surface area (TPSA) is 75.3 Å². The van der Waals surface area contributed by atoms with Gasteiger partial charge in [-0.2, -0.15) is 0 Å². The molecule has 0 unspecified atom stereocenters. The molecule has 0 saturated carbocycles. The zero-order valence-corrected chi connectivity index (χ0v) is 18.5. The summed E-state index contributed by atoms with van der Waals surface area (Å²) in [5.41, 5.74) is 2.53. The molecule has 158 valence electrons. The highest BCUT2D eigenvalue weighted by Crippen LogP contribution is 2.28. The van der Waals surface area contributed by atoms with Crippen LogP contribution in [0.4, 0.5) is 0 Å². The number of H-pyrrole nitrogens is 1. The molecule has 31 heavy (non-hydrogen) atoms. The van der Waals surface area contributed by atoms with Crippen molar-refractivity contribution in [3.05, 3.63) is 92.3 Å². The van der Waals surface area contributed by atoms with Crippen LogP contribution >= 0.6 is 11.3 Å². The van der Waals surface area contributed by atoms with Crippen LogP contribution in [-0.4, -0.2) is 34.9 Å². The number of amides is 1. The molecule has 7 heteroatoms. The Kier molecular flexibility index (Phi) is 5.86. The van der Waals surface area contributed by atoms with Gasteiger partial charge < -0.3 is 14.6 Å². The van der Waals surface area contributed by atoms with Gasteiger partial charge in [0.15, 0.2) is 0 Å². The van der Waals surface area contributed by atoms with E-state index in [2.05, 4.69) is 9.97 Å². The predicted octanol–water partition coefficient (Wildman–Crippen LogP) is 4.16. The Morgan fingerprint density at radius 1 is 1.10 bits per heavy atom. The van der Waals surface area contributed by atoms with Crippen molar-refractivity contribution in [1.82, 2.24) is 14.9 Å². The molecule has 4 rings (SSSR count). The second-order valence-electron chi connectivity index (χ2n) is 7.42. The number of hydrogen-bond donors (Lipinski definition) is 1. The Balaban J connectivity index is 1.60. The third kappa shape index (κ3) is 4.36. The molecule has 0 atom stereocenters. The van der Waals surface area contributed by atoms with Crippen molar-refractivity contribution in [3.8, 4) is 5.75 Å². The van der Waals surface area contributed by atoms with Crippen molar-refractivity contribution in [2.75, 3.05) is 14.2 Å². The van der Waals surface area contributed by atoms with Gasteiger partial charge in [0.2, 0.25) is 0 Å². The average molecular weight is 434 g/mol. The lowest BCUT2D eigenvalue weighted by Crippen LogP contribution is -2.26. The molecule has 0 aliphatic rings. The van der Waals surface area contributed by atoms with Gasteiger partial charge >= 0.3 is 0 Å². The first-order valence-electron chi connectivity index (χ1n) is 9.91. The highest BCUT2D eigenvalue weighted by atomic mass is 32.1. The van der Waals surface area contributed by atoms with Crippen LogP contribution in [0.25, 0.3) is 10.2 Å². The number of carbonyl (C=O) groups is 1. The van der Waals surface area contributed by atoms with Crippen LogP contribution in [0.5, 0.6) is 5.75 Å². The zero-order valence-electron chi connectivity index (χ0n) is 17.6. The van der Waals surface area contributed by atoms with Gasteiger partial charge in [0.05, 0.1) is 17.4 Å². The van der Waals surface area contributed by atoms with Crippen LogP contribution in [0.1, 0.15) is 32.2 Å². The van der Waals surface area contributed by atoms with Gasteiger partial charge in [0, 0.05) is 20.0 Å². The zero-order chi connectivity index (χ0) is 22.0. The number of benzene rings is 2. The fourth-order valence-corrected chi connectivity index (χ4v) is 4.71. The van der Waals surface area contributed by atoms with Crippen LogP contribution in [0.15, 0.2) is 59.4 Å². The Hall–Kier alpha value is -3.45. The summed E-state index contributed by atoms with van der Waals surface area (Å²) in [6, 6.07) is 17.5. The van der Waals surface area contributed by atoms with E-state index in [0.717, 1.165) is 16.9 Å². The van der Waals surface area contributed by atoms with E-state index >= 15 is 0 Å². The van der Waals surface area contributed by atoms with E-state index < -0.39 is 0 Å². The SMILES string of the molecule is COc1ccc(CN(C)C(=O)c2sc3nc(Cc4ccccc4)[nH]c(=O)c3c2C)cc1. The van der Waals surface area contributed by atoms with Crippen molar-refractivity contribution in [1.29, 1.82) is 0 Å². The van der Waals surface area contributed by atoms with E-state index in [9.17, 15) is 9.59 Å². The van der Waals surface area contributed by atoms with Crippen molar-refractivity contribution < 1.29 is 9.53 Å². The number of nitrogens with one attached hydrogen (secondary N) is 1. The quantitative estimate of drug-likeness (QED) is 0.495. The van der Waals surface area contributed by atoms with E-state index in [0.29, 0.717) is 39.4 Å². The summed E-state index contributed by atoms with van der Waals surface area (Å²) >= 11 is 1.27. The molecule has 1 amide bonds. The number of rotatable bonds is 6. The Labute approximate surface area is 184 Å². The molecule has 0 saturated heterocycles. The molecule has 2 aromatic carbocycles. The van der Waals surface area contributed by atoms with Gasteiger partial charge in [-0.25, -0.2) is 4.98 Å². The molecule has 0 aliphatic carbocycles. The first kappa shape index (κ1) is 20.8. The molecular weight excluding hydrogens is 410 g/mol. The van der Waals surface area contributed by atoms with E-state index in [-0.39, 0.29) is 11.5 Å². The summed E-state index contributed by atoms with van der Waals surface area (Å²) < 4.78 is 5.18. The monoisotopic (exact) mass is 433 g/mol. The summed E-state index contributed by atoms with van der Waals surface area (Å²) in [7, 11) is 3.38. The fourth-order valence-electron chi connectivity index (χ4n) is 3.52. The number of aryl methyl sites for hydroxylation is 1. The molecule has 0 bridgehead atoms. The lowest BCUT2D eigenvalue weighted by Gasteiger charge is -2.17. The number of aromatic amines is 1. The van der Waals surface area contributed by atoms with Gasteiger partial charge in [-0.3, -0.25) is 9.59 Å². The second kappa shape index (κ2) is 8.73. The van der Waals surface area contributed by atoms with E-state index in [1.165, 1.54) is 11.3 Å². The first-order chi connectivity index (χ1) is 15.0. The molecule has 4 aromatic rings. The summed E-state index contributed by atoms with van der Waals surface area (Å²) in [5.74, 6) is 1.24. The van der Waals surface area contributed by atoms with Gasteiger partial charge in [-0.15, -0.1) is 11.3 Å². The number of ether oxygens (including phenoxy) is 1. The van der Waals surface area contributed by atoms with Crippen LogP contribution in [0, 0.1) is 6.92 Å². The maximum atomic E-state index is 13.1. The summed E-state index contributed by atoms with van der Waals surface area (Å²) in [6.45, 7) is 2.26. The normalized spacial score (nSPS) is 10.9. The number of aromatic nitrogens is 2. The molecule has 0 aliphatic heterocycles. The minimum absolute atomic E-state index is 0.125. The maximum absolute atomic E-state index is 13.1. The van der Waals surface area contributed by atoms with Crippen LogP contribution in [-0.2, 0) is 13.0 Å². The third-order valence-electron chi connectivity index (χ3n) is 5.18. The summed E-state index contributed by atoms with van der Waals surface area (Å²) in [4.78, 5) is 36.2. The molecule has 2 aromatic heterocycles. The Morgan fingerprint density at radius 3 is 2.48 bits per heavy atom. The first-order valence-corrected chi connectivity index (χ1v) is 10.7. The largest absolute Gasteiger partial charge is 0.497 e. The smallest absolute Gasteiger partial charge is 0.264 e. The van der Waals surface area contributed by atoms with E-state index in [1.807, 2.05) is 54.6 Å². The fraction of sp³-hybridized carbons (Fsp3) is 0.208. The molecule has 6 nitrogen and oxygen atoms in total. The number of carbonyl (C=O) groups excluding carboxylic acids is 1. The highest BCUT2D eigenvalue weighted by molar-refractivity contribution is 7.20. The minimum Gasteiger partial charge on any atom is -0.497 e. The standard InChI is InChI=1S/C24H23N3O3S/c1-15-20-22(28)25-19(13-16-7-5-4-6-8-16)26-23(20)31-21(15)24(29)27(2)14-17-9-11-18(30-3)12-10-17/h4-12H,13-14H2,1-3H3,(H,25,26,28). The van der Waals surface area contributed by atoms with Crippen molar-refractivity contribution in [3.63, 3.8) is 0 Å². The van der Waals surface area contributed by atoms with Crippen molar-refractivity contribution in [2.24, 2.45) is 0 Å². The Morgan fingerprint density at radius 2 is 1.81 bits per heavy atom.